The van der Waals surface area contributed by atoms with Crippen molar-refractivity contribution in [2.75, 3.05) is 0 Å². The van der Waals surface area contributed by atoms with Crippen LogP contribution in [0.4, 0.5) is 0 Å². The van der Waals surface area contributed by atoms with Crippen molar-refractivity contribution in [2.45, 2.75) is 51.1 Å². The van der Waals surface area contributed by atoms with Crippen molar-refractivity contribution < 1.29 is 14.7 Å². The number of para-hydroxylation sites is 1. The van der Waals surface area contributed by atoms with Crippen molar-refractivity contribution in [1.82, 2.24) is 9.88 Å². The molecule has 164 valence electrons. The molecule has 2 N–H and O–H groups in total. The molecule has 5 rings (SSSR count). The van der Waals surface area contributed by atoms with Crippen molar-refractivity contribution in [3.8, 4) is 0 Å². The number of likely N-dealkylation sites (tertiary alicyclic amines) is 1. The number of nitrogens with one attached hydrogen (secondary N) is 1. The topological polar surface area (TPSA) is 73.4 Å². The van der Waals surface area contributed by atoms with Gasteiger partial charge in [0.15, 0.2) is 0 Å². The number of Topliss-reactive ketones (excluding diaryl/α,β-unsaturated/α-hetero) is 1. The molecule has 0 spiro atoms. The van der Waals surface area contributed by atoms with Crippen LogP contribution in [0.3, 0.4) is 0 Å². The Labute approximate surface area is 195 Å². The van der Waals surface area contributed by atoms with E-state index in [-0.39, 0.29) is 17.4 Å². The van der Waals surface area contributed by atoms with Gasteiger partial charge in [-0.1, -0.05) is 59.5 Å². The molecule has 1 aromatic heterocycles. The van der Waals surface area contributed by atoms with Crippen molar-refractivity contribution in [3.63, 3.8) is 0 Å². The molecule has 1 aliphatic carbocycles. The number of nitrogens with zero attached hydrogens (tertiary/aromatic N) is 1. The average Bonchev–Trinajstić information content (AvgIpc) is 3.34. The predicted octanol–water partition coefficient (Wildman–Crippen LogP) is 5.99. The number of hydrogen-bond acceptors (Lipinski definition) is 3. The van der Waals surface area contributed by atoms with E-state index in [9.17, 15) is 14.7 Å². The summed E-state index contributed by atoms with van der Waals surface area (Å²) < 4.78 is 0.921. The Kier molecular flexibility index (Phi) is 5.41. The Morgan fingerprint density at radius 1 is 1.09 bits per heavy atom. The van der Waals surface area contributed by atoms with Gasteiger partial charge in [0.25, 0.3) is 11.7 Å². The number of aryl methyl sites for hydroxylation is 1. The molecule has 32 heavy (non-hydrogen) atoms. The maximum Gasteiger partial charge on any atom is 0.295 e. The quantitative estimate of drug-likeness (QED) is 0.267. The minimum atomic E-state index is -0.613. The van der Waals surface area contributed by atoms with Crippen LogP contribution in [-0.4, -0.2) is 32.7 Å². The lowest BCUT2D eigenvalue weighted by molar-refractivity contribution is -0.141. The Hall–Kier alpha value is -2.86. The SMILES string of the molecule is Cc1cc(/C(O)=C2\C(=O)C(=O)N(C3CCCCC3)C2c2c[nH]c3ccccc23)ccc1Br. The Bertz CT molecular complexity index is 1250. The number of aromatic amines is 1. The number of rotatable bonds is 3. The van der Waals surface area contributed by atoms with Gasteiger partial charge in [-0.3, -0.25) is 9.59 Å². The summed E-state index contributed by atoms with van der Waals surface area (Å²) >= 11 is 3.48. The second-order valence-corrected chi connectivity index (χ2v) is 9.61. The fourth-order valence-electron chi connectivity index (χ4n) is 5.16. The van der Waals surface area contributed by atoms with Gasteiger partial charge in [0.1, 0.15) is 5.76 Å². The zero-order valence-electron chi connectivity index (χ0n) is 17.9. The molecule has 1 amide bonds. The minimum Gasteiger partial charge on any atom is -0.507 e. The number of aromatic nitrogens is 1. The molecule has 1 atom stereocenters. The number of fused-ring (bicyclic) bond motifs is 1. The second-order valence-electron chi connectivity index (χ2n) is 8.75. The molecule has 2 fully saturated rings. The molecular formula is C26H25BrN2O3. The van der Waals surface area contributed by atoms with E-state index in [2.05, 4.69) is 20.9 Å². The van der Waals surface area contributed by atoms with Gasteiger partial charge in [-0.2, -0.15) is 0 Å². The highest BCUT2D eigenvalue weighted by Crippen LogP contribution is 2.45. The smallest absolute Gasteiger partial charge is 0.295 e. The lowest BCUT2D eigenvalue weighted by Gasteiger charge is -2.35. The molecule has 0 bridgehead atoms. The fraction of sp³-hybridized carbons (Fsp3) is 0.308. The molecule has 1 aliphatic heterocycles. The van der Waals surface area contributed by atoms with Gasteiger partial charge in [0, 0.05) is 38.7 Å². The van der Waals surface area contributed by atoms with E-state index in [1.165, 1.54) is 0 Å². The Balaban J connectivity index is 1.72. The fourth-order valence-corrected chi connectivity index (χ4v) is 5.41. The predicted molar refractivity (Wildman–Crippen MR) is 128 cm³/mol. The first kappa shape index (κ1) is 21.0. The van der Waals surface area contributed by atoms with Crippen LogP contribution in [0.2, 0.25) is 0 Å². The summed E-state index contributed by atoms with van der Waals surface area (Å²) in [6.45, 7) is 1.93. The number of carbonyl (C=O) groups excluding carboxylic acids is 2. The van der Waals surface area contributed by atoms with Gasteiger partial charge in [0.05, 0.1) is 11.6 Å². The number of H-pyrrole nitrogens is 1. The van der Waals surface area contributed by atoms with Crippen molar-refractivity contribution in [1.29, 1.82) is 0 Å². The average molecular weight is 493 g/mol. The van der Waals surface area contributed by atoms with Crippen LogP contribution in [0, 0.1) is 6.92 Å². The lowest BCUT2D eigenvalue weighted by atomic mass is 9.90. The molecule has 2 aromatic carbocycles. The normalized spacial score (nSPS) is 21.6. The molecule has 2 aliphatic rings. The molecule has 1 unspecified atom stereocenters. The molecule has 5 nitrogen and oxygen atoms in total. The second kappa shape index (κ2) is 8.24. The monoisotopic (exact) mass is 492 g/mol. The van der Waals surface area contributed by atoms with Crippen LogP contribution in [0.1, 0.15) is 54.8 Å². The molecule has 2 heterocycles. The number of hydrogen-bond donors (Lipinski definition) is 2. The number of carbonyl (C=O) groups is 2. The van der Waals surface area contributed by atoms with E-state index in [1.54, 1.807) is 11.0 Å². The largest absolute Gasteiger partial charge is 0.507 e. The van der Waals surface area contributed by atoms with Crippen LogP contribution >= 0.6 is 15.9 Å². The van der Waals surface area contributed by atoms with Gasteiger partial charge in [-0.15, -0.1) is 0 Å². The number of aliphatic hydroxyl groups excluding tert-OH is 1. The molecule has 0 radical (unpaired) electrons. The number of aliphatic hydroxyl groups is 1. The van der Waals surface area contributed by atoms with E-state index in [0.717, 1.165) is 58.6 Å². The van der Waals surface area contributed by atoms with Crippen LogP contribution in [0.25, 0.3) is 16.7 Å². The number of ketones is 1. The maximum absolute atomic E-state index is 13.3. The highest BCUT2D eigenvalue weighted by molar-refractivity contribution is 9.10. The summed E-state index contributed by atoms with van der Waals surface area (Å²) in [4.78, 5) is 31.7. The summed E-state index contributed by atoms with van der Waals surface area (Å²) in [6.07, 6.45) is 6.86. The van der Waals surface area contributed by atoms with E-state index in [4.69, 9.17) is 0 Å². The number of amides is 1. The van der Waals surface area contributed by atoms with Crippen LogP contribution in [0.15, 0.2) is 58.7 Å². The zero-order chi connectivity index (χ0) is 22.4. The zero-order valence-corrected chi connectivity index (χ0v) is 19.5. The van der Waals surface area contributed by atoms with Gasteiger partial charge < -0.3 is 15.0 Å². The summed E-state index contributed by atoms with van der Waals surface area (Å²) in [7, 11) is 0. The third-order valence-electron chi connectivity index (χ3n) is 6.80. The first-order valence-corrected chi connectivity index (χ1v) is 11.9. The molecule has 1 saturated heterocycles. The van der Waals surface area contributed by atoms with E-state index in [1.807, 2.05) is 49.5 Å². The lowest BCUT2D eigenvalue weighted by Crippen LogP contribution is -2.40. The molecule has 1 saturated carbocycles. The highest BCUT2D eigenvalue weighted by atomic mass is 79.9. The Morgan fingerprint density at radius 3 is 2.59 bits per heavy atom. The summed E-state index contributed by atoms with van der Waals surface area (Å²) in [5.41, 5.74) is 3.44. The highest BCUT2D eigenvalue weighted by Gasteiger charge is 2.49. The standard InChI is InChI=1S/C26H25BrN2O3/c1-15-13-16(11-12-20(15)27)24(30)22-23(19-14-28-21-10-6-5-9-18(19)21)29(26(32)25(22)31)17-7-3-2-4-8-17/h5-6,9-14,17,23,28,30H,2-4,7-8H2,1H3/b24-22+. The van der Waals surface area contributed by atoms with Gasteiger partial charge >= 0.3 is 0 Å². The van der Waals surface area contributed by atoms with E-state index < -0.39 is 17.7 Å². The maximum atomic E-state index is 13.3. The summed E-state index contributed by atoms with van der Waals surface area (Å²) in [5.74, 6) is -1.24. The first-order chi connectivity index (χ1) is 15.5. The molecule has 6 heteroatoms. The van der Waals surface area contributed by atoms with Crippen molar-refractivity contribution >= 4 is 44.3 Å². The van der Waals surface area contributed by atoms with Crippen LogP contribution in [0.5, 0.6) is 0 Å². The number of halogens is 1. The molecular weight excluding hydrogens is 468 g/mol. The Morgan fingerprint density at radius 2 is 1.84 bits per heavy atom. The van der Waals surface area contributed by atoms with E-state index in [0.29, 0.717) is 5.56 Å². The third kappa shape index (κ3) is 3.37. The molecule has 3 aromatic rings. The third-order valence-corrected chi connectivity index (χ3v) is 7.69. The van der Waals surface area contributed by atoms with Gasteiger partial charge in [-0.25, -0.2) is 0 Å². The summed E-state index contributed by atoms with van der Waals surface area (Å²) in [6, 6.07) is 12.7. The van der Waals surface area contributed by atoms with Crippen molar-refractivity contribution in [2.24, 2.45) is 0 Å². The number of benzene rings is 2. The van der Waals surface area contributed by atoms with E-state index >= 15 is 0 Å². The van der Waals surface area contributed by atoms with Crippen LogP contribution in [-0.2, 0) is 9.59 Å². The first-order valence-electron chi connectivity index (χ1n) is 11.1. The van der Waals surface area contributed by atoms with Gasteiger partial charge in [0.2, 0.25) is 0 Å². The van der Waals surface area contributed by atoms with Gasteiger partial charge in [-0.05, 0) is 43.5 Å². The van der Waals surface area contributed by atoms with Crippen LogP contribution < -0.4 is 0 Å². The minimum absolute atomic E-state index is 0.00387. The van der Waals surface area contributed by atoms with Crippen molar-refractivity contribution in [3.05, 3.63) is 75.4 Å². The summed E-state index contributed by atoms with van der Waals surface area (Å²) in [5, 5.41) is 12.3.